The highest BCUT2D eigenvalue weighted by Gasteiger charge is 2.29. The number of ether oxygens (including phenoxy) is 5. The highest BCUT2D eigenvalue weighted by molar-refractivity contribution is 5.98. The molecule has 0 unspecified atom stereocenters. The van der Waals surface area contributed by atoms with Crippen molar-refractivity contribution in [1.29, 1.82) is 0 Å². The molecule has 0 spiro atoms. The molecule has 0 aliphatic carbocycles. The quantitative estimate of drug-likeness (QED) is 0.433. The third kappa shape index (κ3) is 5.35. The summed E-state index contributed by atoms with van der Waals surface area (Å²) in [5.74, 6) is 2.23. The summed E-state index contributed by atoms with van der Waals surface area (Å²) in [4.78, 5) is 13.1. The van der Waals surface area contributed by atoms with Crippen molar-refractivity contribution in [3.63, 3.8) is 0 Å². The van der Waals surface area contributed by atoms with Crippen LogP contribution < -0.4 is 24.3 Å². The average molecular weight is 478 g/mol. The van der Waals surface area contributed by atoms with Gasteiger partial charge in [-0.2, -0.15) is 0 Å². The van der Waals surface area contributed by atoms with Crippen LogP contribution in [0.15, 0.2) is 54.6 Å². The molecule has 0 radical (unpaired) electrons. The standard InChI is InChI=1S/C28H31NO6/c1-31-24-13-19(10-11-35-17-18-8-6-5-7-9-18)21(15-26(24)33-3)23-12-20-14-25(32-2)27(34-4)16-22(20)28(30)29-23/h5-9,13-16,23H,10-12,17H2,1-4H3,(H,29,30)/t23-/m0/s1. The van der Waals surface area contributed by atoms with E-state index < -0.39 is 0 Å². The van der Waals surface area contributed by atoms with Crippen LogP contribution in [0.3, 0.4) is 0 Å². The van der Waals surface area contributed by atoms with Crippen molar-refractivity contribution >= 4 is 5.91 Å². The second-order valence-electron chi connectivity index (χ2n) is 8.29. The van der Waals surface area contributed by atoms with Gasteiger partial charge in [-0.05, 0) is 59.4 Å². The Morgan fingerprint density at radius 1 is 0.829 bits per heavy atom. The molecular weight excluding hydrogens is 446 g/mol. The second kappa shape index (κ2) is 11.1. The van der Waals surface area contributed by atoms with Crippen molar-refractivity contribution in [3.8, 4) is 23.0 Å². The molecule has 184 valence electrons. The summed E-state index contributed by atoms with van der Waals surface area (Å²) in [6.45, 7) is 1.07. The molecule has 0 fully saturated rings. The first kappa shape index (κ1) is 24.4. The van der Waals surface area contributed by atoms with Gasteiger partial charge in [0.1, 0.15) is 0 Å². The molecule has 0 aromatic heterocycles. The summed E-state index contributed by atoms with van der Waals surface area (Å²) in [7, 11) is 6.37. The maximum Gasteiger partial charge on any atom is 0.252 e. The smallest absolute Gasteiger partial charge is 0.252 e. The maximum absolute atomic E-state index is 13.1. The summed E-state index contributed by atoms with van der Waals surface area (Å²) in [6, 6.07) is 17.4. The van der Waals surface area contributed by atoms with Gasteiger partial charge in [-0.3, -0.25) is 4.79 Å². The molecule has 3 aromatic carbocycles. The molecule has 0 saturated heterocycles. The van der Waals surface area contributed by atoms with Crippen LogP contribution in [0.2, 0.25) is 0 Å². The Morgan fingerprint density at radius 2 is 1.46 bits per heavy atom. The van der Waals surface area contributed by atoms with E-state index in [1.807, 2.05) is 48.5 Å². The zero-order chi connectivity index (χ0) is 24.8. The van der Waals surface area contributed by atoms with E-state index in [1.165, 1.54) is 0 Å². The van der Waals surface area contributed by atoms with Gasteiger partial charge in [0, 0.05) is 5.56 Å². The lowest BCUT2D eigenvalue weighted by Gasteiger charge is -2.29. The van der Waals surface area contributed by atoms with Crippen molar-refractivity contribution in [2.24, 2.45) is 0 Å². The van der Waals surface area contributed by atoms with Gasteiger partial charge in [-0.25, -0.2) is 0 Å². The zero-order valence-electron chi connectivity index (χ0n) is 20.6. The van der Waals surface area contributed by atoms with Crippen LogP contribution in [-0.2, 0) is 24.2 Å². The Bertz CT molecular complexity index is 1180. The maximum atomic E-state index is 13.1. The Morgan fingerprint density at radius 3 is 2.14 bits per heavy atom. The first-order chi connectivity index (χ1) is 17.1. The molecule has 1 atom stereocenters. The van der Waals surface area contributed by atoms with Gasteiger partial charge < -0.3 is 29.0 Å². The van der Waals surface area contributed by atoms with Gasteiger partial charge in [0.15, 0.2) is 23.0 Å². The van der Waals surface area contributed by atoms with Crippen LogP contribution >= 0.6 is 0 Å². The lowest BCUT2D eigenvalue weighted by molar-refractivity contribution is 0.0924. The fraction of sp³-hybridized carbons (Fsp3) is 0.321. The fourth-order valence-corrected chi connectivity index (χ4v) is 4.42. The van der Waals surface area contributed by atoms with Crippen LogP contribution in [0.25, 0.3) is 0 Å². The molecular formula is C28H31NO6. The summed E-state index contributed by atoms with van der Waals surface area (Å²) in [5.41, 5.74) is 4.62. The van der Waals surface area contributed by atoms with Crippen LogP contribution in [0, 0.1) is 0 Å². The monoisotopic (exact) mass is 477 g/mol. The van der Waals surface area contributed by atoms with Gasteiger partial charge in [0.25, 0.3) is 5.91 Å². The number of amides is 1. The molecule has 4 rings (SSSR count). The second-order valence-corrected chi connectivity index (χ2v) is 8.29. The molecule has 7 heteroatoms. The van der Waals surface area contributed by atoms with Crippen LogP contribution in [0.4, 0.5) is 0 Å². The number of fused-ring (bicyclic) bond motifs is 1. The number of methoxy groups -OCH3 is 4. The Labute approximate surface area is 205 Å². The highest BCUT2D eigenvalue weighted by atomic mass is 16.5. The van der Waals surface area contributed by atoms with E-state index in [1.54, 1.807) is 34.5 Å². The molecule has 7 nitrogen and oxygen atoms in total. The molecule has 0 saturated carbocycles. The minimum absolute atomic E-state index is 0.154. The molecule has 1 aliphatic rings. The molecule has 1 aliphatic heterocycles. The van der Waals surface area contributed by atoms with Crippen molar-refractivity contribution in [2.75, 3.05) is 35.0 Å². The van der Waals surface area contributed by atoms with Crippen molar-refractivity contribution in [1.82, 2.24) is 5.32 Å². The Balaban J connectivity index is 1.60. The Kier molecular flexibility index (Phi) is 7.77. The predicted octanol–water partition coefficient (Wildman–Crippen LogP) is 4.51. The number of rotatable bonds is 10. The number of hydrogen-bond acceptors (Lipinski definition) is 6. The largest absolute Gasteiger partial charge is 0.493 e. The van der Waals surface area contributed by atoms with Gasteiger partial charge in [-0.1, -0.05) is 30.3 Å². The van der Waals surface area contributed by atoms with Crippen molar-refractivity contribution < 1.29 is 28.5 Å². The van der Waals surface area contributed by atoms with E-state index in [0.717, 1.165) is 22.3 Å². The summed E-state index contributed by atoms with van der Waals surface area (Å²) in [5, 5.41) is 3.15. The van der Waals surface area contributed by atoms with Gasteiger partial charge in [-0.15, -0.1) is 0 Å². The molecule has 1 amide bonds. The first-order valence-corrected chi connectivity index (χ1v) is 11.5. The van der Waals surface area contributed by atoms with E-state index in [-0.39, 0.29) is 11.9 Å². The van der Waals surface area contributed by atoms with E-state index in [4.69, 9.17) is 23.7 Å². The summed E-state index contributed by atoms with van der Waals surface area (Å²) < 4.78 is 27.9. The van der Waals surface area contributed by atoms with E-state index in [0.29, 0.717) is 54.6 Å². The van der Waals surface area contributed by atoms with Crippen LogP contribution in [0.5, 0.6) is 23.0 Å². The number of benzene rings is 3. The average Bonchev–Trinajstić information content (AvgIpc) is 2.90. The molecule has 1 heterocycles. The highest BCUT2D eigenvalue weighted by Crippen LogP contribution is 2.39. The van der Waals surface area contributed by atoms with Gasteiger partial charge in [0.05, 0.1) is 47.7 Å². The summed E-state index contributed by atoms with van der Waals surface area (Å²) in [6.07, 6.45) is 1.27. The van der Waals surface area contributed by atoms with Crippen molar-refractivity contribution in [2.45, 2.75) is 25.5 Å². The van der Waals surface area contributed by atoms with Gasteiger partial charge >= 0.3 is 0 Å². The van der Waals surface area contributed by atoms with E-state index >= 15 is 0 Å². The third-order valence-electron chi connectivity index (χ3n) is 6.23. The normalized spacial score (nSPS) is 14.6. The van der Waals surface area contributed by atoms with Crippen LogP contribution in [-0.4, -0.2) is 41.0 Å². The van der Waals surface area contributed by atoms with Crippen LogP contribution in [0.1, 0.15) is 38.7 Å². The third-order valence-corrected chi connectivity index (χ3v) is 6.23. The lowest BCUT2D eigenvalue weighted by Crippen LogP contribution is -2.36. The molecule has 0 bridgehead atoms. The number of hydrogen-bond donors (Lipinski definition) is 1. The fourth-order valence-electron chi connectivity index (χ4n) is 4.42. The Hall–Kier alpha value is -3.71. The SMILES string of the molecule is COc1cc2c(cc1OC)C(=O)N[C@H](c1cc(OC)c(OC)cc1CCOCc1ccccc1)C2. The topological polar surface area (TPSA) is 75.3 Å². The molecule has 3 aromatic rings. The van der Waals surface area contributed by atoms with E-state index in [2.05, 4.69) is 5.32 Å². The molecule has 35 heavy (non-hydrogen) atoms. The number of carbonyl (C=O) groups excluding carboxylic acids is 1. The van der Waals surface area contributed by atoms with Crippen molar-refractivity contribution in [3.05, 3.63) is 82.4 Å². The predicted molar refractivity (Wildman–Crippen MR) is 133 cm³/mol. The van der Waals surface area contributed by atoms with E-state index in [9.17, 15) is 4.79 Å². The minimum Gasteiger partial charge on any atom is -0.493 e. The first-order valence-electron chi connectivity index (χ1n) is 11.5. The zero-order valence-corrected chi connectivity index (χ0v) is 20.6. The molecule has 1 N–H and O–H groups in total. The summed E-state index contributed by atoms with van der Waals surface area (Å²) >= 11 is 0. The number of nitrogens with one attached hydrogen (secondary N) is 1. The minimum atomic E-state index is -0.239. The van der Waals surface area contributed by atoms with Gasteiger partial charge in [0.2, 0.25) is 0 Å². The number of carbonyl (C=O) groups is 1. The lowest BCUT2D eigenvalue weighted by atomic mass is 9.87.